The topological polar surface area (TPSA) is 33.7 Å². The van der Waals surface area contributed by atoms with Crippen molar-refractivity contribution in [2.45, 2.75) is 13.0 Å². The average molecular weight is 324 g/mol. The van der Waals surface area contributed by atoms with Crippen LogP contribution in [0, 0.1) is 6.92 Å². The van der Waals surface area contributed by atoms with Gasteiger partial charge in [-0.1, -0.05) is 35.9 Å². The van der Waals surface area contributed by atoms with E-state index in [0.29, 0.717) is 13.2 Å². The lowest BCUT2D eigenvalue weighted by atomic mass is 9.95. The van der Waals surface area contributed by atoms with Crippen molar-refractivity contribution in [2.24, 2.45) is 0 Å². The largest absolute Gasteiger partial charge is 0.486 e. The summed E-state index contributed by atoms with van der Waals surface area (Å²) in [5.41, 5.74) is 3.91. The summed E-state index contributed by atoms with van der Waals surface area (Å²) in [5, 5.41) is 3.45. The molecule has 0 radical (unpaired) electrons. The van der Waals surface area contributed by atoms with E-state index >= 15 is 0 Å². The van der Waals surface area contributed by atoms with Crippen LogP contribution in [-0.4, -0.2) is 44.3 Å². The van der Waals surface area contributed by atoms with Gasteiger partial charge in [0.25, 0.3) is 0 Å². The first-order valence-electron chi connectivity index (χ1n) is 8.72. The van der Waals surface area contributed by atoms with Crippen molar-refractivity contribution in [3.63, 3.8) is 0 Å². The van der Waals surface area contributed by atoms with Crippen molar-refractivity contribution in [2.75, 3.05) is 39.4 Å². The number of hydrogen-bond donors (Lipinski definition) is 1. The van der Waals surface area contributed by atoms with Crippen molar-refractivity contribution in [1.82, 2.24) is 10.2 Å². The lowest BCUT2D eigenvalue weighted by Crippen LogP contribution is -2.45. The molecule has 2 heterocycles. The second-order valence-corrected chi connectivity index (χ2v) is 6.51. The summed E-state index contributed by atoms with van der Waals surface area (Å²) in [6.07, 6.45) is 0. The normalized spacial score (nSPS) is 19.0. The molecule has 1 fully saturated rings. The van der Waals surface area contributed by atoms with Crippen LogP contribution in [0.15, 0.2) is 42.5 Å². The van der Waals surface area contributed by atoms with Crippen LogP contribution in [-0.2, 0) is 0 Å². The van der Waals surface area contributed by atoms with Gasteiger partial charge in [-0.25, -0.2) is 0 Å². The van der Waals surface area contributed by atoms with Gasteiger partial charge < -0.3 is 14.8 Å². The number of piperazine rings is 1. The van der Waals surface area contributed by atoms with Crippen LogP contribution in [0.1, 0.15) is 22.7 Å². The van der Waals surface area contributed by atoms with Crippen molar-refractivity contribution in [3.05, 3.63) is 59.2 Å². The molecule has 1 saturated heterocycles. The molecule has 0 bridgehead atoms. The second-order valence-electron chi connectivity index (χ2n) is 6.51. The SMILES string of the molecule is Cc1cccc(C(c2ccc3c(c2)OCCO3)N2CCNCC2)c1. The molecule has 126 valence electrons. The molecule has 24 heavy (non-hydrogen) atoms. The number of aryl methyl sites for hydroxylation is 1. The zero-order chi connectivity index (χ0) is 16.4. The molecule has 4 rings (SSSR count). The minimum atomic E-state index is 0.253. The van der Waals surface area contributed by atoms with E-state index in [0.717, 1.165) is 37.7 Å². The molecule has 1 N–H and O–H groups in total. The van der Waals surface area contributed by atoms with Crippen LogP contribution in [0.2, 0.25) is 0 Å². The van der Waals surface area contributed by atoms with Crippen LogP contribution in [0.25, 0.3) is 0 Å². The van der Waals surface area contributed by atoms with Crippen LogP contribution < -0.4 is 14.8 Å². The molecule has 1 atom stereocenters. The molecule has 0 spiro atoms. The fraction of sp³-hybridized carbons (Fsp3) is 0.400. The number of rotatable bonds is 3. The summed E-state index contributed by atoms with van der Waals surface area (Å²) >= 11 is 0. The van der Waals surface area contributed by atoms with Gasteiger partial charge in [0.2, 0.25) is 0 Å². The molecule has 2 aliphatic heterocycles. The highest BCUT2D eigenvalue weighted by Crippen LogP contribution is 2.37. The third-order valence-corrected chi connectivity index (χ3v) is 4.76. The Kier molecular flexibility index (Phi) is 4.41. The molecule has 2 aromatic rings. The van der Waals surface area contributed by atoms with E-state index in [4.69, 9.17) is 9.47 Å². The Balaban J connectivity index is 1.74. The number of benzene rings is 2. The van der Waals surface area contributed by atoms with E-state index < -0.39 is 0 Å². The van der Waals surface area contributed by atoms with Gasteiger partial charge >= 0.3 is 0 Å². The Hall–Kier alpha value is -2.04. The van der Waals surface area contributed by atoms with Crippen LogP contribution >= 0.6 is 0 Å². The monoisotopic (exact) mass is 324 g/mol. The van der Waals surface area contributed by atoms with Gasteiger partial charge in [-0.15, -0.1) is 0 Å². The Morgan fingerprint density at radius 1 is 0.917 bits per heavy atom. The molecule has 0 amide bonds. The molecule has 0 aromatic heterocycles. The van der Waals surface area contributed by atoms with Crippen LogP contribution in [0.3, 0.4) is 0 Å². The van der Waals surface area contributed by atoms with Gasteiger partial charge in [-0.05, 0) is 30.2 Å². The highest BCUT2D eigenvalue weighted by Gasteiger charge is 2.25. The first kappa shape index (κ1) is 15.5. The van der Waals surface area contributed by atoms with Gasteiger partial charge in [-0.2, -0.15) is 0 Å². The Labute approximate surface area is 143 Å². The molecule has 0 saturated carbocycles. The van der Waals surface area contributed by atoms with E-state index in [1.54, 1.807) is 0 Å². The zero-order valence-corrected chi connectivity index (χ0v) is 14.1. The fourth-order valence-corrected chi connectivity index (χ4v) is 3.62. The lowest BCUT2D eigenvalue weighted by molar-refractivity contribution is 0.169. The minimum Gasteiger partial charge on any atom is -0.486 e. The van der Waals surface area contributed by atoms with Gasteiger partial charge in [0.1, 0.15) is 13.2 Å². The van der Waals surface area contributed by atoms with E-state index in [-0.39, 0.29) is 6.04 Å². The highest BCUT2D eigenvalue weighted by atomic mass is 16.6. The number of ether oxygens (including phenoxy) is 2. The first-order chi connectivity index (χ1) is 11.8. The summed E-state index contributed by atoms with van der Waals surface area (Å²) in [5.74, 6) is 1.72. The summed E-state index contributed by atoms with van der Waals surface area (Å²) in [6, 6.07) is 15.5. The maximum absolute atomic E-state index is 5.81. The van der Waals surface area contributed by atoms with Gasteiger partial charge in [0, 0.05) is 26.2 Å². The first-order valence-corrected chi connectivity index (χ1v) is 8.72. The van der Waals surface area contributed by atoms with E-state index in [1.807, 2.05) is 0 Å². The quantitative estimate of drug-likeness (QED) is 0.941. The molecular formula is C20H24N2O2. The number of fused-ring (bicyclic) bond motifs is 1. The minimum absolute atomic E-state index is 0.253. The molecule has 2 aromatic carbocycles. The standard InChI is InChI=1S/C20H24N2O2/c1-15-3-2-4-16(13-15)20(22-9-7-21-8-10-22)17-5-6-18-19(14-17)24-12-11-23-18/h2-6,13-14,20-21H,7-12H2,1H3. The van der Waals surface area contributed by atoms with E-state index in [2.05, 4.69) is 59.6 Å². The number of nitrogens with one attached hydrogen (secondary N) is 1. The molecule has 4 heteroatoms. The fourth-order valence-electron chi connectivity index (χ4n) is 3.62. The predicted octanol–water partition coefficient (Wildman–Crippen LogP) is 2.76. The summed E-state index contributed by atoms with van der Waals surface area (Å²) < 4.78 is 11.5. The van der Waals surface area contributed by atoms with Gasteiger partial charge in [0.15, 0.2) is 11.5 Å². The van der Waals surface area contributed by atoms with Crippen molar-refractivity contribution in [3.8, 4) is 11.5 Å². The molecule has 0 aliphatic carbocycles. The van der Waals surface area contributed by atoms with Crippen LogP contribution in [0.4, 0.5) is 0 Å². The molecular weight excluding hydrogens is 300 g/mol. The summed E-state index contributed by atoms with van der Waals surface area (Å²) in [6.45, 7) is 7.58. The molecule has 1 unspecified atom stereocenters. The Bertz CT molecular complexity index is 711. The van der Waals surface area contributed by atoms with Crippen molar-refractivity contribution < 1.29 is 9.47 Å². The molecule has 4 nitrogen and oxygen atoms in total. The predicted molar refractivity (Wildman–Crippen MR) is 94.9 cm³/mol. The highest BCUT2D eigenvalue weighted by molar-refractivity contribution is 5.47. The van der Waals surface area contributed by atoms with E-state index in [1.165, 1.54) is 16.7 Å². The third-order valence-electron chi connectivity index (χ3n) is 4.76. The lowest BCUT2D eigenvalue weighted by Gasteiger charge is -2.36. The Morgan fingerprint density at radius 2 is 1.67 bits per heavy atom. The van der Waals surface area contributed by atoms with Gasteiger partial charge in [0.05, 0.1) is 6.04 Å². The third kappa shape index (κ3) is 3.12. The number of nitrogens with zero attached hydrogens (tertiary/aromatic N) is 1. The van der Waals surface area contributed by atoms with Crippen molar-refractivity contribution >= 4 is 0 Å². The van der Waals surface area contributed by atoms with E-state index in [9.17, 15) is 0 Å². The smallest absolute Gasteiger partial charge is 0.161 e. The van der Waals surface area contributed by atoms with Gasteiger partial charge in [-0.3, -0.25) is 4.90 Å². The maximum Gasteiger partial charge on any atom is 0.161 e. The molecule has 2 aliphatic rings. The van der Waals surface area contributed by atoms with Crippen molar-refractivity contribution in [1.29, 1.82) is 0 Å². The maximum atomic E-state index is 5.81. The van der Waals surface area contributed by atoms with Crippen LogP contribution in [0.5, 0.6) is 11.5 Å². The average Bonchev–Trinajstić information content (AvgIpc) is 2.63. The second kappa shape index (κ2) is 6.83. The Morgan fingerprint density at radius 3 is 2.46 bits per heavy atom. The zero-order valence-electron chi connectivity index (χ0n) is 14.1. The summed E-state index contributed by atoms with van der Waals surface area (Å²) in [7, 11) is 0. The summed E-state index contributed by atoms with van der Waals surface area (Å²) in [4.78, 5) is 2.55. The number of hydrogen-bond acceptors (Lipinski definition) is 4.